The van der Waals surface area contributed by atoms with Crippen molar-refractivity contribution in [2.45, 2.75) is 82.0 Å². The first kappa shape index (κ1) is 22.2. The van der Waals surface area contributed by atoms with Gasteiger partial charge in [0.1, 0.15) is 6.04 Å². The maximum Gasteiger partial charge on any atom is 0.395 e. The van der Waals surface area contributed by atoms with E-state index in [0.29, 0.717) is 12.3 Å². The standard InChI is InChI=1S/C24H31F3N2O2/c25-24(26,27)19(17-8-2-1-3-9-17)12-13-22(30)29-20-11-5-4-10-18(20)16-21(29)23(31)28-14-6-7-15-28/h1-3,8-9,18-21H,4-7,10-16H2/t18-,19?,20-,21-/m0/s1. The van der Waals surface area contributed by atoms with Crippen LogP contribution >= 0.6 is 0 Å². The smallest absolute Gasteiger partial charge is 0.341 e. The van der Waals surface area contributed by atoms with Crippen molar-refractivity contribution in [3.8, 4) is 0 Å². The lowest BCUT2D eigenvalue weighted by Gasteiger charge is -2.35. The molecule has 0 aromatic heterocycles. The molecule has 1 aliphatic carbocycles. The summed E-state index contributed by atoms with van der Waals surface area (Å²) in [6.45, 7) is 1.44. The molecule has 0 spiro atoms. The molecular formula is C24H31F3N2O2. The van der Waals surface area contributed by atoms with E-state index in [0.717, 1.165) is 51.6 Å². The molecule has 0 N–H and O–H groups in total. The summed E-state index contributed by atoms with van der Waals surface area (Å²) < 4.78 is 41.2. The number of nitrogens with zero attached hydrogens (tertiary/aromatic N) is 2. The summed E-state index contributed by atoms with van der Waals surface area (Å²) in [4.78, 5) is 30.0. The molecule has 31 heavy (non-hydrogen) atoms. The van der Waals surface area contributed by atoms with E-state index in [1.165, 1.54) is 12.1 Å². The average molecular weight is 437 g/mol. The Bertz CT molecular complexity index is 777. The zero-order chi connectivity index (χ0) is 22.0. The molecule has 1 unspecified atom stereocenters. The Hall–Kier alpha value is -2.05. The largest absolute Gasteiger partial charge is 0.395 e. The van der Waals surface area contributed by atoms with Crippen molar-refractivity contribution in [2.24, 2.45) is 5.92 Å². The monoisotopic (exact) mass is 436 g/mol. The van der Waals surface area contributed by atoms with E-state index < -0.39 is 18.1 Å². The normalized spacial score (nSPS) is 27.3. The Morgan fingerprint density at radius 1 is 1.00 bits per heavy atom. The summed E-state index contributed by atoms with van der Waals surface area (Å²) in [6.07, 6.45) is 1.67. The van der Waals surface area contributed by atoms with Crippen molar-refractivity contribution in [3.05, 3.63) is 35.9 Å². The molecule has 4 nitrogen and oxygen atoms in total. The van der Waals surface area contributed by atoms with Gasteiger partial charge in [-0.2, -0.15) is 13.2 Å². The number of fused-ring (bicyclic) bond motifs is 1. The highest BCUT2D eigenvalue weighted by atomic mass is 19.4. The Labute approximate surface area is 181 Å². The predicted molar refractivity (Wildman–Crippen MR) is 111 cm³/mol. The molecule has 2 amide bonds. The second-order valence-corrected chi connectivity index (χ2v) is 9.24. The van der Waals surface area contributed by atoms with Crippen LogP contribution in [0.4, 0.5) is 13.2 Å². The predicted octanol–water partition coefficient (Wildman–Crippen LogP) is 4.89. The van der Waals surface area contributed by atoms with E-state index in [1.54, 1.807) is 23.1 Å². The molecule has 3 aliphatic rings. The quantitative estimate of drug-likeness (QED) is 0.659. The first-order valence-corrected chi connectivity index (χ1v) is 11.6. The van der Waals surface area contributed by atoms with Gasteiger partial charge in [-0.15, -0.1) is 0 Å². The lowest BCUT2D eigenvalue weighted by atomic mass is 9.84. The molecule has 170 valence electrons. The molecule has 1 saturated carbocycles. The van der Waals surface area contributed by atoms with Crippen LogP contribution < -0.4 is 0 Å². The SMILES string of the molecule is O=C([C@@H]1C[C@@H]2CCCC[C@@H]2N1C(=O)CCC(c1ccccc1)C(F)(F)F)N1CCCC1. The first-order chi connectivity index (χ1) is 14.9. The maximum absolute atomic E-state index is 13.7. The topological polar surface area (TPSA) is 40.6 Å². The van der Waals surface area contributed by atoms with Gasteiger partial charge in [0.05, 0.1) is 5.92 Å². The van der Waals surface area contributed by atoms with E-state index in [4.69, 9.17) is 0 Å². The summed E-state index contributed by atoms with van der Waals surface area (Å²) in [7, 11) is 0. The van der Waals surface area contributed by atoms with Crippen LogP contribution in [0.25, 0.3) is 0 Å². The molecule has 1 aromatic rings. The number of hydrogen-bond donors (Lipinski definition) is 0. The molecule has 2 saturated heterocycles. The summed E-state index contributed by atoms with van der Waals surface area (Å²) in [5, 5.41) is 0. The van der Waals surface area contributed by atoms with Crippen molar-refractivity contribution < 1.29 is 22.8 Å². The van der Waals surface area contributed by atoms with Gasteiger partial charge in [-0.25, -0.2) is 0 Å². The van der Waals surface area contributed by atoms with Gasteiger partial charge in [-0.1, -0.05) is 43.2 Å². The minimum absolute atomic E-state index is 0.00105. The molecular weight excluding hydrogens is 405 g/mol. The van der Waals surface area contributed by atoms with E-state index in [2.05, 4.69) is 0 Å². The molecule has 4 rings (SSSR count). The third-order valence-electron chi connectivity index (χ3n) is 7.32. The zero-order valence-electron chi connectivity index (χ0n) is 17.8. The summed E-state index contributed by atoms with van der Waals surface area (Å²) in [5.41, 5.74) is 0.185. The molecule has 1 aromatic carbocycles. The third kappa shape index (κ3) is 4.75. The van der Waals surface area contributed by atoms with Crippen LogP contribution in [0.5, 0.6) is 0 Å². The zero-order valence-corrected chi connectivity index (χ0v) is 17.8. The van der Waals surface area contributed by atoms with Crippen molar-refractivity contribution in [3.63, 3.8) is 0 Å². The molecule has 3 fully saturated rings. The lowest BCUT2D eigenvalue weighted by Crippen LogP contribution is -2.50. The van der Waals surface area contributed by atoms with Crippen molar-refractivity contribution in [1.29, 1.82) is 0 Å². The van der Waals surface area contributed by atoms with E-state index in [9.17, 15) is 22.8 Å². The van der Waals surface area contributed by atoms with Crippen LogP contribution in [0.3, 0.4) is 0 Å². The summed E-state index contributed by atoms with van der Waals surface area (Å²) in [5.74, 6) is -1.68. The van der Waals surface area contributed by atoms with Gasteiger partial charge in [-0.3, -0.25) is 9.59 Å². The minimum Gasteiger partial charge on any atom is -0.341 e. The van der Waals surface area contributed by atoms with Gasteiger partial charge in [0.25, 0.3) is 0 Å². The third-order valence-corrected chi connectivity index (χ3v) is 7.32. The number of alkyl halides is 3. The van der Waals surface area contributed by atoms with Crippen LogP contribution in [0, 0.1) is 5.92 Å². The molecule has 2 aliphatic heterocycles. The van der Waals surface area contributed by atoms with Crippen molar-refractivity contribution >= 4 is 11.8 Å². The van der Waals surface area contributed by atoms with Crippen LogP contribution in [0.15, 0.2) is 30.3 Å². The van der Waals surface area contributed by atoms with E-state index in [-0.39, 0.29) is 36.3 Å². The van der Waals surface area contributed by atoms with Crippen LogP contribution in [-0.2, 0) is 9.59 Å². The van der Waals surface area contributed by atoms with E-state index >= 15 is 0 Å². The fourth-order valence-electron chi connectivity index (χ4n) is 5.79. The molecule has 7 heteroatoms. The van der Waals surface area contributed by atoms with E-state index in [1.807, 2.05) is 4.90 Å². The van der Waals surface area contributed by atoms with Crippen molar-refractivity contribution in [2.75, 3.05) is 13.1 Å². The highest BCUT2D eigenvalue weighted by Gasteiger charge is 2.49. The molecule has 2 heterocycles. The number of hydrogen-bond acceptors (Lipinski definition) is 2. The van der Waals surface area contributed by atoms with Gasteiger partial charge in [-0.05, 0) is 50.0 Å². The Kier molecular flexibility index (Phi) is 6.58. The molecule has 4 atom stereocenters. The van der Waals surface area contributed by atoms with Crippen molar-refractivity contribution in [1.82, 2.24) is 9.80 Å². The Morgan fingerprint density at radius 2 is 1.68 bits per heavy atom. The van der Waals surface area contributed by atoms with Gasteiger partial charge in [0.15, 0.2) is 0 Å². The fraction of sp³-hybridized carbons (Fsp3) is 0.667. The van der Waals surface area contributed by atoms with Gasteiger partial charge in [0.2, 0.25) is 11.8 Å². The highest BCUT2D eigenvalue weighted by molar-refractivity contribution is 5.89. The van der Waals surface area contributed by atoms with Gasteiger partial charge >= 0.3 is 6.18 Å². The Morgan fingerprint density at radius 3 is 2.35 bits per heavy atom. The number of rotatable bonds is 5. The fourth-order valence-corrected chi connectivity index (χ4v) is 5.79. The average Bonchev–Trinajstić information content (AvgIpc) is 3.41. The van der Waals surface area contributed by atoms with Gasteiger partial charge < -0.3 is 9.80 Å². The van der Waals surface area contributed by atoms with Gasteiger partial charge in [0, 0.05) is 25.6 Å². The number of carbonyl (C=O) groups is 2. The maximum atomic E-state index is 13.7. The highest BCUT2D eigenvalue weighted by Crippen LogP contribution is 2.42. The van der Waals surface area contributed by atoms with Crippen LogP contribution in [-0.4, -0.2) is 53.0 Å². The van der Waals surface area contributed by atoms with Crippen LogP contribution in [0.1, 0.15) is 69.3 Å². The lowest BCUT2D eigenvalue weighted by molar-refractivity contribution is -0.155. The second-order valence-electron chi connectivity index (χ2n) is 9.24. The minimum atomic E-state index is -4.41. The second kappa shape index (κ2) is 9.21. The Balaban J connectivity index is 1.50. The molecule has 0 bridgehead atoms. The molecule has 0 radical (unpaired) electrons. The number of benzene rings is 1. The van der Waals surface area contributed by atoms with Crippen LogP contribution in [0.2, 0.25) is 0 Å². The number of likely N-dealkylation sites (tertiary alicyclic amines) is 2. The summed E-state index contributed by atoms with van der Waals surface area (Å²) in [6, 6.07) is 7.30. The number of amides is 2. The number of carbonyl (C=O) groups excluding carboxylic acids is 2. The summed E-state index contributed by atoms with van der Waals surface area (Å²) >= 11 is 0. The number of halogens is 3. The first-order valence-electron chi connectivity index (χ1n) is 11.6.